The van der Waals surface area contributed by atoms with E-state index in [1.165, 1.54) is 13.0 Å². The average Bonchev–Trinajstić information content (AvgIpc) is 3.62. The highest BCUT2D eigenvalue weighted by Crippen LogP contribution is 2.70. The number of nitrogens with zero attached hydrogens (tertiary/aromatic N) is 2. The molecule has 1 saturated heterocycles. The molecule has 5 aliphatic rings. The van der Waals surface area contributed by atoms with Gasteiger partial charge in [0.05, 0.1) is 11.1 Å². The first-order chi connectivity index (χ1) is 20.5. The quantitative estimate of drug-likeness (QED) is 0.169. The van der Waals surface area contributed by atoms with E-state index < -0.39 is 29.0 Å². The molecule has 0 aromatic heterocycles. The van der Waals surface area contributed by atoms with Crippen molar-refractivity contribution in [2.75, 3.05) is 31.7 Å². The molecular weight excluding hydrogens is 560 g/mol. The lowest BCUT2D eigenvalue weighted by Crippen LogP contribution is -2.52. The monoisotopic (exact) mass is 598 g/mol. The van der Waals surface area contributed by atoms with Gasteiger partial charge in [-0.1, -0.05) is 35.7 Å². The van der Waals surface area contributed by atoms with E-state index in [4.69, 9.17) is 4.74 Å². The molecule has 0 bridgehead atoms. The number of carbonyl (C=O) groups excluding carboxylic acids is 1. The highest BCUT2D eigenvalue weighted by molar-refractivity contribution is 5.97. The molecule has 5 nitrogen and oxygen atoms in total. The molecule has 2 saturated carbocycles. The fraction of sp³-hybridized carbons (Fsp3) is 0.588. The minimum atomic E-state index is -4.75. The van der Waals surface area contributed by atoms with Gasteiger partial charge in [-0.2, -0.15) is 13.2 Å². The third-order valence-electron chi connectivity index (χ3n) is 11.0. The lowest BCUT2D eigenvalue weighted by Gasteiger charge is -2.55. The Morgan fingerprint density at radius 2 is 1.91 bits per heavy atom. The Bertz CT molecular complexity index is 1430. The number of oxime groups is 1. The van der Waals surface area contributed by atoms with Crippen LogP contribution in [0.3, 0.4) is 0 Å². The van der Waals surface area contributed by atoms with Crippen LogP contribution in [0.15, 0.2) is 52.2 Å². The smallest absolute Gasteiger partial charge is 0.411 e. The first-order valence-corrected chi connectivity index (χ1v) is 15.3. The van der Waals surface area contributed by atoms with Gasteiger partial charge in [0, 0.05) is 37.7 Å². The van der Waals surface area contributed by atoms with Crippen molar-refractivity contribution in [2.45, 2.75) is 76.6 Å². The molecule has 1 aromatic rings. The van der Waals surface area contributed by atoms with Crippen molar-refractivity contribution in [3.63, 3.8) is 0 Å². The third kappa shape index (κ3) is 5.00. The minimum Gasteiger partial charge on any atom is -0.411 e. The van der Waals surface area contributed by atoms with E-state index in [2.05, 4.69) is 40.2 Å². The number of carbonyl (C=O) groups is 1. The zero-order chi connectivity index (χ0) is 30.6. The number of halogens is 4. The number of hydrogen-bond donors (Lipinski definition) is 1. The summed E-state index contributed by atoms with van der Waals surface area (Å²) in [5.74, 6) is 2.82. The Balaban J connectivity index is 1.52. The van der Waals surface area contributed by atoms with Crippen molar-refractivity contribution in [1.29, 1.82) is 0 Å². The van der Waals surface area contributed by atoms with E-state index in [9.17, 15) is 23.2 Å². The molecule has 9 heteroatoms. The maximum atomic E-state index is 16.0. The van der Waals surface area contributed by atoms with Crippen LogP contribution in [0.5, 0.6) is 0 Å². The van der Waals surface area contributed by atoms with E-state index in [0.29, 0.717) is 37.0 Å². The third-order valence-corrected chi connectivity index (χ3v) is 11.0. The van der Waals surface area contributed by atoms with Gasteiger partial charge in [-0.15, -0.1) is 0 Å². The van der Waals surface area contributed by atoms with Gasteiger partial charge in [-0.05, 0) is 104 Å². The second-order valence-electron chi connectivity index (χ2n) is 13.0. The summed E-state index contributed by atoms with van der Waals surface area (Å²) >= 11 is 0. The molecule has 1 heterocycles. The van der Waals surface area contributed by atoms with Crippen LogP contribution >= 0.6 is 0 Å². The second-order valence-corrected chi connectivity index (χ2v) is 13.0. The number of allylic oxidation sites excluding steroid dienone is 4. The van der Waals surface area contributed by atoms with Crippen molar-refractivity contribution in [3.05, 3.63) is 52.6 Å². The fourth-order valence-corrected chi connectivity index (χ4v) is 9.11. The number of methoxy groups -OCH3 is 1. The molecule has 1 N–H and O–H groups in total. The number of benzene rings is 1. The first kappa shape index (κ1) is 29.9. The molecule has 0 amide bonds. The summed E-state index contributed by atoms with van der Waals surface area (Å²) in [6, 6.07) is 8.39. The van der Waals surface area contributed by atoms with Crippen LogP contribution in [0.2, 0.25) is 0 Å². The maximum absolute atomic E-state index is 16.0. The molecule has 3 fully saturated rings. The molecule has 6 atom stereocenters. The topological polar surface area (TPSA) is 62.1 Å². The van der Waals surface area contributed by atoms with Gasteiger partial charge in [0.1, 0.15) is 12.8 Å². The summed E-state index contributed by atoms with van der Waals surface area (Å²) < 4.78 is 61.8. The van der Waals surface area contributed by atoms with Gasteiger partial charge >= 0.3 is 6.18 Å². The van der Waals surface area contributed by atoms with Crippen LogP contribution in [-0.2, 0) is 9.53 Å². The van der Waals surface area contributed by atoms with Crippen LogP contribution in [0.25, 0.3) is 0 Å². The zero-order valence-corrected chi connectivity index (χ0v) is 24.6. The van der Waals surface area contributed by atoms with Crippen LogP contribution in [0.1, 0.15) is 69.8 Å². The van der Waals surface area contributed by atoms with Crippen LogP contribution in [-0.4, -0.2) is 55.9 Å². The second kappa shape index (κ2) is 11.1. The van der Waals surface area contributed by atoms with E-state index in [-0.39, 0.29) is 37.2 Å². The summed E-state index contributed by atoms with van der Waals surface area (Å²) in [5, 5.41) is 12.8. The average molecular weight is 599 g/mol. The van der Waals surface area contributed by atoms with Gasteiger partial charge in [-0.25, -0.2) is 4.39 Å². The van der Waals surface area contributed by atoms with Crippen LogP contribution < -0.4 is 4.90 Å². The van der Waals surface area contributed by atoms with Crippen molar-refractivity contribution in [1.82, 2.24) is 0 Å². The van der Waals surface area contributed by atoms with Crippen molar-refractivity contribution in [3.8, 4) is 11.8 Å². The largest absolute Gasteiger partial charge is 0.457 e. The highest BCUT2D eigenvalue weighted by atomic mass is 19.4. The Morgan fingerprint density at radius 3 is 2.56 bits per heavy atom. The number of rotatable bonds is 5. The molecule has 1 aromatic carbocycles. The molecule has 1 aliphatic heterocycles. The van der Waals surface area contributed by atoms with Crippen molar-refractivity contribution >= 4 is 17.2 Å². The van der Waals surface area contributed by atoms with Crippen LogP contribution in [0.4, 0.5) is 23.2 Å². The van der Waals surface area contributed by atoms with Crippen LogP contribution in [0, 0.1) is 34.5 Å². The molecule has 0 spiro atoms. The predicted molar refractivity (Wildman–Crippen MR) is 156 cm³/mol. The van der Waals surface area contributed by atoms with Gasteiger partial charge in [-0.3, -0.25) is 4.79 Å². The molecule has 0 radical (unpaired) electrons. The Morgan fingerprint density at radius 1 is 1.19 bits per heavy atom. The number of hydrogen-bond acceptors (Lipinski definition) is 5. The standard InChI is InChI=1S/C34H38F4N2O3/c1-32-19-27(21-5-8-23(9-6-21)40-15-3-4-16-40)31-24-10-7-22(39-42)17-25(24)29(35)18-26(31)28(32)11-12-33(32,30(41)20-43-2)13-14-34(36,37)38/h5-6,8-9,17,26-29,42H,3-4,7,10-12,15-16,18-20H2,1-2H3/t26-,27+,28-,29?,32-,33-/m0/s1. The van der Waals surface area contributed by atoms with E-state index in [1.54, 1.807) is 6.08 Å². The Kier molecular flexibility index (Phi) is 7.73. The fourth-order valence-electron chi connectivity index (χ4n) is 9.11. The van der Waals surface area contributed by atoms with E-state index >= 15 is 4.39 Å². The number of anilines is 1. The SMILES string of the molecule is COCC(=O)[C@@]1(C#CC(F)(F)F)CC[C@H]2[C@@H]3CC(F)C4=CC(=NO)CCC4=C3[C@@H](c3ccc(N4CCCC4)cc3)C[C@@]21C. The highest BCUT2D eigenvalue weighted by Gasteiger charge is 2.66. The molecule has 230 valence electrons. The maximum Gasteiger partial charge on any atom is 0.457 e. The lowest BCUT2D eigenvalue weighted by molar-refractivity contribution is -0.136. The number of alkyl halides is 4. The minimum absolute atomic E-state index is 0.174. The normalized spacial score (nSPS) is 34.7. The van der Waals surface area contributed by atoms with Gasteiger partial charge in [0.25, 0.3) is 0 Å². The summed E-state index contributed by atoms with van der Waals surface area (Å²) in [7, 11) is 1.36. The summed E-state index contributed by atoms with van der Waals surface area (Å²) in [6.45, 7) is 3.59. The zero-order valence-electron chi connectivity index (χ0n) is 24.6. The molecular formula is C34H38F4N2O3. The van der Waals surface area contributed by atoms with Crippen molar-refractivity contribution < 1.29 is 32.3 Å². The number of Topliss-reactive ketones (excluding diaryl/α,β-unsaturated/α-hetero) is 1. The molecule has 6 rings (SSSR count). The summed E-state index contributed by atoms with van der Waals surface area (Å²) in [6.07, 6.45) is 0.181. The van der Waals surface area contributed by atoms with E-state index in [0.717, 1.165) is 48.3 Å². The lowest BCUT2D eigenvalue weighted by atomic mass is 9.48. The number of ketones is 1. The van der Waals surface area contributed by atoms with Gasteiger partial charge in [0.15, 0.2) is 5.78 Å². The van der Waals surface area contributed by atoms with Gasteiger partial charge < -0.3 is 14.8 Å². The van der Waals surface area contributed by atoms with Gasteiger partial charge in [0.2, 0.25) is 0 Å². The summed E-state index contributed by atoms with van der Waals surface area (Å²) in [4.78, 5) is 16.1. The molecule has 1 unspecified atom stereocenters. The molecule has 4 aliphatic carbocycles. The number of fused-ring (bicyclic) bond motifs is 4. The Labute approximate surface area is 250 Å². The van der Waals surface area contributed by atoms with E-state index in [1.807, 2.05) is 6.92 Å². The number of ether oxygens (including phenoxy) is 1. The Hall–Kier alpha value is -3.12. The van der Waals surface area contributed by atoms with Crippen molar-refractivity contribution in [2.24, 2.45) is 27.8 Å². The molecule has 43 heavy (non-hydrogen) atoms. The summed E-state index contributed by atoms with van der Waals surface area (Å²) in [5.41, 5.74) is 2.72. The predicted octanol–water partition coefficient (Wildman–Crippen LogP) is 7.16. The first-order valence-electron chi connectivity index (χ1n) is 15.3.